The first-order valence-electron chi connectivity index (χ1n) is 12.1. The Morgan fingerprint density at radius 1 is 1.11 bits per heavy atom. The van der Waals surface area contributed by atoms with Crippen LogP contribution in [0.15, 0.2) is 54.7 Å². The first kappa shape index (κ1) is 23.3. The van der Waals surface area contributed by atoms with Crippen LogP contribution in [-0.4, -0.2) is 50.2 Å². The van der Waals surface area contributed by atoms with Crippen LogP contribution < -0.4 is 10.1 Å². The second-order valence-corrected chi connectivity index (χ2v) is 9.59. The van der Waals surface area contributed by atoms with Gasteiger partial charge in [0.05, 0.1) is 36.1 Å². The standard InChI is InChI=1S/C27H24F3N5O2/c1-15-3-6-18(7-4-15)37-24-12-20(31-10-9-27(28,29)30)25-32-14-23(35(25)33-24)17-5-8-19(16(2)11-17)26(36)34-21-13-22(21)34/h3-8,11-12,14,21-22,31H,9-10,13H2,1-2H3. The molecule has 6 rings (SSSR count). The zero-order valence-corrected chi connectivity index (χ0v) is 20.2. The summed E-state index contributed by atoms with van der Waals surface area (Å²) in [6.45, 7) is 3.53. The largest absolute Gasteiger partial charge is 0.438 e. The molecule has 0 spiro atoms. The summed E-state index contributed by atoms with van der Waals surface area (Å²) in [6, 6.07) is 15.3. The van der Waals surface area contributed by atoms with Gasteiger partial charge >= 0.3 is 6.18 Å². The third-order valence-electron chi connectivity index (χ3n) is 6.75. The van der Waals surface area contributed by atoms with Crippen LogP contribution in [0.1, 0.15) is 34.3 Å². The minimum atomic E-state index is -4.29. The first-order valence-corrected chi connectivity index (χ1v) is 12.1. The summed E-state index contributed by atoms with van der Waals surface area (Å²) in [6.07, 6.45) is -2.56. The highest BCUT2D eigenvalue weighted by molar-refractivity contribution is 5.99. The molecule has 2 atom stereocenters. The number of hydrogen-bond donors (Lipinski definition) is 1. The van der Waals surface area contributed by atoms with E-state index in [1.54, 1.807) is 35.0 Å². The summed E-state index contributed by atoms with van der Waals surface area (Å²) in [5.74, 6) is 0.799. The number of halogens is 3. The number of carbonyl (C=O) groups excluding carboxylic acids is 1. The van der Waals surface area contributed by atoms with E-state index in [4.69, 9.17) is 4.74 Å². The van der Waals surface area contributed by atoms with E-state index in [1.807, 2.05) is 43.0 Å². The second kappa shape index (κ2) is 8.50. The fourth-order valence-corrected chi connectivity index (χ4v) is 4.49. The molecule has 190 valence electrons. The molecule has 2 fully saturated rings. The van der Waals surface area contributed by atoms with Gasteiger partial charge in [0, 0.05) is 23.7 Å². The van der Waals surface area contributed by atoms with Crippen LogP contribution in [0.3, 0.4) is 0 Å². The Balaban J connectivity index is 1.35. The molecule has 2 aromatic carbocycles. The predicted octanol–water partition coefficient (Wildman–Crippen LogP) is 5.77. The Bertz CT molecular complexity index is 1510. The topological polar surface area (TPSA) is 71.5 Å². The average Bonchev–Trinajstić information content (AvgIpc) is 3.71. The van der Waals surface area contributed by atoms with Gasteiger partial charge in [-0.2, -0.15) is 13.2 Å². The van der Waals surface area contributed by atoms with Gasteiger partial charge in [-0.3, -0.25) is 4.79 Å². The third kappa shape index (κ3) is 4.59. The summed E-state index contributed by atoms with van der Waals surface area (Å²) in [7, 11) is 0. The molecule has 2 aromatic heterocycles. The Kier molecular flexibility index (Phi) is 5.36. The number of ether oxygens (including phenoxy) is 1. The molecule has 7 nitrogen and oxygen atoms in total. The van der Waals surface area contributed by atoms with E-state index in [1.165, 1.54) is 0 Å². The summed E-state index contributed by atoms with van der Waals surface area (Å²) in [5, 5.41) is 7.42. The lowest BCUT2D eigenvalue weighted by molar-refractivity contribution is -0.131. The first-order chi connectivity index (χ1) is 17.7. The quantitative estimate of drug-likeness (QED) is 0.322. The van der Waals surface area contributed by atoms with Gasteiger partial charge in [0.1, 0.15) is 5.75 Å². The number of nitrogens with zero attached hydrogens (tertiary/aromatic N) is 4. The number of likely N-dealkylation sites (tertiary alicyclic amines) is 1. The lowest BCUT2D eigenvalue weighted by atomic mass is 10.0. The van der Waals surface area contributed by atoms with Crippen LogP contribution in [0.25, 0.3) is 16.9 Å². The zero-order valence-electron chi connectivity index (χ0n) is 20.2. The van der Waals surface area contributed by atoms with Crippen molar-refractivity contribution in [2.45, 2.75) is 44.9 Å². The normalized spacial score (nSPS) is 18.0. The lowest BCUT2D eigenvalue weighted by Crippen LogP contribution is -2.20. The number of fused-ring (bicyclic) bond motifs is 2. The molecule has 1 N–H and O–H groups in total. The highest BCUT2D eigenvalue weighted by Crippen LogP contribution is 2.51. The molecule has 2 unspecified atom stereocenters. The molecule has 0 bridgehead atoms. The van der Waals surface area contributed by atoms with Crippen molar-refractivity contribution in [3.8, 4) is 22.9 Å². The number of amides is 1. The van der Waals surface area contributed by atoms with E-state index < -0.39 is 12.6 Å². The molecule has 1 amide bonds. The van der Waals surface area contributed by atoms with Gasteiger partial charge in [-0.25, -0.2) is 9.50 Å². The van der Waals surface area contributed by atoms with Crippen molar-refractivity contribution in [2.75, 3.05) is 11.9 Å². The van der Waals surface area contributed by atoms with Crippen LogP contribution in [-0.2, 0) is 0 Å². The summed E-state index contributed by atoms with van der Waals surface area (Å²) >= 11 is 0. The number of aromatic nitrogens is 3. The molecule has 4 aromatic rings. The van der Waals surface area contributed by atoms with Crippen LogP contribution in [0.4, 0.5) is 18.9 Å². The molecule has 1 saturated carbocycles. The van der Waals surface area contributed by atoms with Gasteiger partial charge in [-0.1, -0.05) is 23.8 Å². The molecule has 10 heteroatoms. The summed E-state index contributed by atoms with van der Waals surface area (Å²) in [5.41, 5.74) is 4.70. The number of anilines is 1. The number of nitrogens with one attached hydrogen (secondary N) is 1. The minimum Gasteiger partial charge on any atom is -0.438 e. The molecule has 37 heavy (non-hydrogen) atoms. The summed E-state index contributed by atoms with van der Waals surface area (Å²) < 4.78 is 45.8. The maximum absolute atomic E-state index is 12.8. The van der Waals surface area contributed by atoms with E-state index in [0.717, 1.165) is 23.1 Å². The van der Waals surface area contributed by atoms with E-state index in [0.29, 0.717) is 40.4 Å². The predicted molar refractivity (Wildman–Crippen MR) is 132 cm³/mol. The second-order valence-electron chi connectivity index (χ2n) is 9.59. The molecule has 2 aliphatic rings. The molecular formula is C27H24F3N5O2. The van der Waals surface area contributed by atoms with Gasteiger partial charge in [-0.15, -0.1) is 5.10 Å². The van der Waals surface area contributed by atoms with Gasteiger partial charge in [-0.05, 0) is 50.1 Å². The van der Waals surface area contributed by atoms with Crippen LogP contribution in [0.2, 0.25) is 0 Å². The van der Waals surface area contributed by atoms with Gasteiger partial charge in [0.2, 0.25) is 5.88 Å². The number of hydrogen-bond acceptors (Lipinski definition) is 5. The van der Waals surface area contributed by atoms with Crippen LogP contribution in [0.5, 0.6) is 11.6 Å². The van der Waals surface area contributed by atoms with Gasteiger partial charge in [0.15, 0.2) is 5.65 Å². The molecule has 1 aliphatic carbocycles. The van der Waals surface area contributed by atoms with Crippen LogP contribution in [0, 0.1) is 13.8 Å². The third-order valence-corrected chi connectivity index (χ3v) is 6.75. The summed E-state index contributed by atoms with van der Waals surface area (Å²) in [4.78, 5) is 19.1. The van der Waals surface area contributed by atoms with E-state index in [-0.39, 0.29) is 18.3 Å². The van der Waals surface area contributed by atoms with Crippen molar-refractivity contribution in [1.29, 1.82) is 0 Å². The number of benzene rings is 2. The SMILES string of the molecule is Cc1ccc(Oc2cc(NCCC(F)(F)F)c3ncc(-c4ccc(C(=O)N5C6CC65)c(C)c4)n3n2)cc1. The molecule has 0 radical (unpaired) electrons. The lowest BCUT2D eigenvalue weighted by Gasteiger charge is -2.14. The van der Waals surface area contributed by atoms with Crippen LogP contribution >= 0.6 is 0 Å². The zero-order chi connectivity index (χ0) is 25.9. The Hall–Kier alpha value is -4.08. The molecular weight excluding hydrogens is 483 g/mol. The Morgan fingerprint density at radius 3 is 2.51 bits per heavy atom. The van der Waals surface area contributed by atoms with Crippen molar-refractivity contribution in [3.63, 3.8) is 0 Å². The van der Waals surface area contributed by atoms with Crippen molar-refractivity contribution in [2.24, 2.45) is 0 Å². The molecule has 1 saturated heterocycles. The molecule has 3 heterocycles. The van der Waals surface area contributed by atoms with Crippen molar-refractivity contribution < 1.29 is 22.7 Å². The van der Waals surface area contributed by atoms with Gasteiger partial charge < -0.3 is 15.0 Å². The van der Waals surface area contributed by atoms with E-state index in [2.05, 4.69) is 15.4 Å². The maximum atomic E-state index is 12.8. The number of imidazole rings is 1. The minimum absolute atomic E-state index is 0.0477. The monoisotopic (exact) mass is 507 g/mol. The highest BCUT2D eigenvalue weighted by Gasteiger charge is 2.65. The van der Waals surface area contributed by atoms with E-state index in [9.17, 15) is 18.0 Å². The molecule has 1 aliphatic heterocycles. The average molecular weight is 508 g/mol. The highest BCUT2D eigenvalue weighted by atomic mass is 19.4. The fourth-order valence-electron chi connectivity index (χ4n) is 4.49. The number of rotatable bonds is 7. The number of alkyl halides is 3. The van der Waals surface area contributed by atoms with E-state index >= 15 is 0 Å². The van der Waals surface area contributed by atoms with Crippen molar-refractivity contribution >= 4 is 17.2 Å². The Labute approximate surface area is 210 Å². The Morgan fingerprint density at radius 2 is 1.86 bits per heavy atom. The van der Waals surface area contributed by atoms with Crippen molar-refractivity contribution in [1.82, 2.24) is 19.5 Å². The smallest absolute Gasteiger partial charge is 0.390 e. The van der Waals surface area contributed by atoms with Crippen molar-refractivity contribution in [3.05, 3.63) is 71.4 Å². The number of carbonyl (C=O) groups is 1. The fraction of sp³-hybridized carbons (Fsp3) is 0.296. The number of aryl methyl sites for hydroxylation is 2. The van der Waals surface area contributed by atoms with Gasteiger partial charge in [0.25, 0.3) is 5.91 Å². The maximum Gasteiger partial charge on any atom is 0.390 e.